The van der Waals surface area contributed by atoms with Crippen LogP contribution in [0, 0.1) is 0 Å². The molecule has 0 aromatic heterocycles. The predicted octanol–water partition coefficient (Wildman–Crippen LogP) is 1.48. The van der Waals surface area contributed by atoms with Crippen molar-refractivity contribution in [1.82, 2.24) is 4.90 Å². The molecule has 1 unspecified atom stereocenters. The van der Waals surface area contributed by atoms with Crippen LogP contribution in [0.5, 0.6) is 0 Å². The Morgan fingerprint density at radius 1 is 1.19 bits per heavy atom. The highest BCUT2D eigenvalue weighted by Gasteiger charge is 2.27. The maximum atomic E-state index is 11.0. The second-order valence-corrected chi connectivity index (χ2v) is 4.52. The first-order valence-electron chi connectivity index (χ1n) is 6.33. The van der Waals surface area contributed by atoms with Gasteiger partial charge < -0.3 is 10.2 Å². The molecule has 4 heteroatoms. The molecule has 1 fully saturated rings. The first kappa shape index (κ1) is 13.5. The molecule has 1 rings (SSSR count). The van der Waals surface area contributed by atoms with Gasteiger partial charge >= 0.3 is 5.97 Å². The number of carboxylic acids is 1. The van der Waals surface area contributed by atoms with Gasteiger partial charge in [0.2, 0.25) is 0 Å². The van der Waals surface area contributed by atoms with Crippen molar-refractivity contribution in [3.8, 4) is 0 Å². The lowest BCUT2D eigenvalue weighted by Crippen LogP contribution is -2.44. The van der Waals surface area contributed by atoms with E-state index in [0.717, 1.165) is 58.0 Å². The van der Waals surface area contributed by atoms with Crippen molar-refractivity contribution in [2.45, 2.75) is 51.0 Å². The topological polar surface area (TPSA) is 60.8 Å². The summed E-state index contributed by atoms with van der Waals surface area (Å²) in [5, 5.41) is 17.7. The minimum absolute atomic E-state index is 0.258. The van der Waals surface area contributed by atoms with Crippen LogP contribution in [0.1, 0.15) is 44.9 Å². The summed E-state index contributed by atoms with van der Waals surface area (Å²) < 4.78 is 0. The molecule has 0 aliphatic carbocycles. The molecule has 94 valence electrons. The van der Waals surface area contributed by atoms with Crippen LogP contribution < -0.4 is 0 Å². The fraction of sp³-hybridized carbons (Fsp3) is 0.917. The molecule has 16 heavy (non-hydrogen) atoms. The van der Waals surface area contributed by atoms with E-state index < -0.39 is 5.97 Å². The number of nitrogens with zero attached hydrogens (tertiary/aromatic N) is 1. The van der Waals surface area contributed by atoms with Crippen molar-refractivity contribution < 1.29 is 15.0 Å². The molecular weight excluding hydrogens is 206 g/mol. The van der Waals surface area contributed by atoms with Crippen molar-refractivity contribution in [1.29, 1.82) is 0 Å². The van der Waals surface area contributed by atoms with Crippen molar-refractivity contribution >= 4 is 5.97 Å². The number of hydrogen-bond acceptors (Lipinski definition) is 3. The monoisotopic (exact) mass is 229 g/mol. The van der Waals surface area contributed by atoms with Gasteiger partial charge in [0.05, 0.1) is 0 Å². The number of aliphatic hydroxyl groups is 1. The third-order valence-corrected chi connectivity index (χ3v) is 3.25. The molecule has 2 N–H and O–H groups in total. The fourth-order valence-electron chi connectivity index (χ4n) is 2.32. The first-order valence-corrected chi connectivity index (χ1v) is 6.33. The minimum Gasteiger partial charge on any atom is -0.480 e. The molecule has 1 aliphatic rings. The lowest BCUT2D eigenvalue weighted by Gasteiger charge is -2.32. The van der Waals surface area contributed by atoms with Gasteiger partial charge in [0, 0.05) is 6.61 Å². The quantitative estimate of drug-likeness (QED) is 0.649. The molecular formula is C12H23NO3. The van der Waals surface area contributed by atoms with E-state index in [1.807, 2.05) is 0 Å². The van der Waals surface area contributed by atoms with Crippen LogP contribution in [0.4, 0.5) is 0 Å². The van der Waals surface area contributed by atoms with E-state index in [1.165, 1.54) is 0 Å². The Morgan fingerprint density at radius 3 is 2.62 bits per heavy atom. The standard InChI is InChI=1S/C12H23NO3/c14-10-6-2-1-4-8-13-9-5-3-7-11(13)12(15)16/h11,14H,1-10H2,(H,15,16). The molecule has 0 radical (unpaired) electrons. The first-order chi connectivity index (χ1) is 7.75. The van der Waals surface area contributed by atoms with Crippen LogP contribution in [-0.4, -0.2) is 46.8 Å². The highest BCUT2D eigenvalue weighted by molar-refractivity contribution is 5.73. The lowest BCUT2D eigenvalue weighted by molar-refractivity contribution is -0.144. The molecule has 0 bridgehead atoms. The Morgan fingerprint density at radius 2 is 1.94 bits per heavy atom. The Bertz CT molecular complexity index is 208. The predicted molar refractivity (Wildman–Crippen MR) is 62.4 cm³/mol. The summed E-state index contributed by atoms with van der Waals surface area (Å²) >= 11 is 0. The summed E-state index contributed by atoms with van der Waals surface area (Å²) in [6.07, 6.45) is 7.00. The van der Waals surface area contributed by atoms with Crippen LogP contribution in [0.25, 0.3) is 0 Å². The summed E-state index contributed by atoms with van der Waals surface area (Å²) in [5.41, 5.74) is 0. The molecule has 1 aliphatic heterocycles. The van der Waals surface area contributed by atoms with Crippen LogP contribution in [0.15, 0.2) is 0 Å². The normalized spacial score (nSPS) is 22.2. The second kappa shape index (κ2) is 7.63. The van der Waals surface area contributed by atoms with Gasteiger partial charge in [-0.1, -0.05) is 19.3 Å². The van der Waals surface area contributed by atoms with E-state index in [2.05, 4.69) is 4.90 Å². The number of carbonyl (C=O) groups is 1. The summed E-state index contributed by atoms with van der Waals surface area (Å²) in [4.78, 5) is 13.1. The largest absolute Gasteiger partial charge is 0.480 e. The number of aliphatic carboxylic acids is 1. The smallest absolute Gasteiger partial charge is 0.320 e. The summed E-state index contributed by atoms with van der Waals surface area (Å²) in [6.45, 7) is 2.08. The minimum atomic E-state index is -0.671. The SMILES string of the molecule is O=C(O)C1CCCCN1CCCCCCO. The van der Waals surface area contributed by atoms with E-state index in [1.54, 1.807) is 0 Å². The van der Waals surface area contributed by atoms with Crippen LogP contribution in [-0.2, 0) is 4.79 Å². The zero-order valence-electron chi connectivity index (χ0n) is 9.90. The van der Waals surface area contributed by atoms with Gasteiger partial charge in [-0.3, -0.25) is 9.69 Å². The molecule has 4 nitrogen and oxygen atoms in total. The van der Waals surface area contributed by atoms with Crippen molar-refractivity contribution in [2.75, 3.05) is 19.7 Å². The molecule has 0 spiro atoms. The van der Waals surface area contributed by atoms with E-state index in [9.17, 15) is 4.79 Å². The number of likely N-dealkylation sites (tertiary alicyclic amines) is 1. The van der Waals surface area contributed by atoms with Gasteiger partial charge in [-0.15, -0.1) is 0 Å². The molecule has 1 heterocycles. The fourth-order valence-corrected chi connectivity index (χ4v) is 2.32. The Labute approximate surface area is 97.3 Å². The zero-order valence-corrected chi connectivity index (χ0v) is 9.90. The second-order valence-electron chi connectivity index (χ2n) is 4.52. The lowest BCUT2D eigenvalue weighted by atomic mass is 10.0. The van der Waals surface area contributed by atoms with Crippen molar-refractivity contribution in [2.24, 2.45) is 0 Å². The maximum Gasteiger partial charge on any atom is 0.320 e. The number of unbranched alkanes of at least 4 members (excludes halogenated alkanes) is 3. The van der Waals surface area contributed by atoms with Crippen LogP contribution >= 0.6 is 0 Å². The molecule has 0 aromatic rings. The molecule has 0 saturated carbocycles. The summed E-state index contributed by atoms with van der Waals surface area (Å²) in [6, 6.07) is -0.258. The Kier molecular flexibility index (Phi) is 6.42. The highest BCUT2D eigenvalue weighted by atomic mass is 16.4. The third-order valence-electron chi connectivity index (χ3n) is 3.25. The third kappa shape index (κ3) is 4.49. The van der Waals surface area contributed by atoms with Crippen LogP contribution in [0.3, 0.4) is 0 Å². The van der Waals surface area contributed by atoms with Gasteiger partial charge in [0.1, 0.15) is 6.04 Å². The summed E-state index contributed by atoms with van der Waals surface area (Å²) in [5.74, 6) is -0.671. The zero-order chi connectivity index (χ0) is 11.8. The van der Waals surface area contributed by atoms with E-state index in [4.69, 9.17) is 10.2 Å². The maximum absolute atomic E-state index is 11.0. The Hall–Kier alpha value is -0.610. The van der Waals surface area contributed by atoms with Gasteiger partial charge in [0.15, 0.2) is 0 Å². The Balaban J connectivity index is 2.19. The molecule has 1 atom stereocenters. The average molecular weight is 229 g/mol. The van der Waals surface area contributed by atoms with Crippen molar-refractivity contribution in [3.05, 3.63) is 0 Å². The van der Waals surface area contributed by atoms with Gasteiger partial charge in [-0.05, 0) is 38.8 Å². The van der Waals surface area contributed by atoms with Gasteiger partial charge in [-0.2, -0.15) is 0 Å². The van der Waals surface area contributed by atoms with Crippen molar-refractivity contribution in [3.63, 3.8) is 0 Å². The van der Waals surface area contributed by atoms with Gasteiger partial charge in [0.25, 0.3) is 0 Å². The number of carboxylic acid groups (broad SMARTS) is 1. The van der Waals surface area contributed by atoms with E-state index >= 15 is 0 Å². The molecule has 1 saturated heterocycles. The molecule has 0 amide bonds. The van der Waals surface area contributed by atoms with E-state index in [-0.39, 0.29) is 12.6 Å². The number of aliphatic hydroxyl groups excluding tert-OH is 1. The number of rotatable bonds is 7. The number of hydrogen-bond donors (Lipinski definition) is 2. The summed E-state index contributed by atoms with van der Waals surface area (Å²) in [7, 11) is 0. The van der Waals surface area contributed by atoms with E-state index in [0.29, 0.717) is 0 Å². The highest BCUT2D eigenvalue weighted by Crippen LogP contribution is 2.18. The average Bonchev–Trinajstić information content (AvgIpc) is 2.29. The van der Waals surface area contributed by atoms with Gasteiger partial charge in [-0.25, -0.2) is 0 Å². The molecule has 0 aromatic carbocycles. The number of piperidine rings is 1. The van der Waals surface area contributed by atoms with Crippen LogP contribution in [0.2, 0.25) is 0 Å².